The first kappa shape index (κ1) is 12.0. The summed E-state index contributed by atoms with van der Waals surface area (Å²) in [5.41, 5.74) is 1.15. The van der Waals surface area contributed by atoms with E-state index < -0.39 is 0 Å². The smallest absolute Gasteiger partial charge is 0.0940 e. The maximum Gasteiger partial charge on any atom is 0.0940 e. The molecule has 2 N–H and O–H groups in total. The van der Waals surface area contributed by atoms with Crippen LogP contribution in [0.15, 0.2) is 5.38 Å². The summed E-state index contributed by atoms with van der Waals surface area (Å²) in [7, 11) is 0. The molecule has 1 aliphatic heterocycles. The molecule has 16 heavy (non-hydrogen) atoms. The molecule has 1 saturated heterocycles. The second-order valence-corrected chi connectivity index (χ2v) is 5.49. The molecule has 1 aliphatic rings. The zero-order valence-electron chi connectivity index (χ0n) is 9.96. The van der Waals surface area contributed by atoms with Crippen LogP contribution in [-0.4, -0.2) is 31.2 Å². The highest BCUT2D eigenvalue weighted by Gasteiger charge is 2.11. The summed E-state index contributed by atoms with van der Waals surface area (Å²) in [6, 6.07) is 0. The van der Waals surface area contributed by atoms with Gasteiger partial charge in [-0.1, -0.05) is 0 Å². The lowest BCUT2D eigenvalue weighted by molar-refractivity contribution is 0.361. The third-order valence-electron chi connectivity index (χ3n) is 3.01. The predicted octanol–water partition coefficient (Wildman–Crippen LogP) is 1.58. The van der Waals surface area contributed by atoms with Crippen molar-refractivity contribution in [3.8, 4) is 0 Å². The number of nitrogens with one attached hydrogen (secondary N) is 2. The molecule has 0 bridgehead atoms. The lowest BCUT2D eigenvalue weighted by Crippen LogP contribution is -2.36. The van der Waals surface area contributed by atoms with Crippen molar-refractivity contribution in [2.24, 2.45) is 5.92 Å². The lowest BCUT2D eigenvalue weighted by atomic mass is 10.00. The Kier molecular flexibility index (Phi) is 4.75. The average Bonchev–Trinajstić information content (AvgIpc) is 2.72. The summed E-state index contributed by atoms with van der Waals surface area (Å²) in [5.74, 6) is 0.826. The van der Waals surface area contributed by atoms with E-state index in [9.17, 15) is 0 Å². The van der Waals surface area contributed by atoms with Gasteiger partial charge in [-0.15, -0.1) is 11.3 Å². The molecule has 0 spiro atoms. The molecule has 3 nitrogen and oxygen atoms in total. The monoisotopic (exact) mass is 239 g/mol. The van der Waals surface area contributed by atoms with Gasteiger partial charge in [-0.25, -0.2) is 4.98 Å². The number of hydrogen-bond donors (Lipinski definition) is 2. The zero-order chi connectivity index (χ0) is 11.2. The number of aromatic nitrogens is 1. The molecule has 4 heteroatoms. The van der Waals surface area contributed by atoms with Crippen LogP contribution in [0.2, 0.25) is 0 Å². The van der Waals surface area contributed by atoms with Gasteiger partial charge in [-0.3, -0.25) is 0 Å². The van der Waals surface area contributed by atoms with Crippen LogP contribution in [0.25, 0.3) is 0 Å². The van der Waals surface area contributed by atoms with Crippen LogP contribution in [-0.2, 0) is 6.42 Å². The molecule has 0 aliphatic carbocycles. The van der Waals surface area contributed by atoms with Crippen LogP contribution in [0.3, 0.4) is 0 Å². The highest BCUT2D eigenvalue weighted by atomic mass is 32.1. The highest BCUT2D eigenvalue weighted by Crippen LogP contribution is 2.10. The standard InChI is InChI=1S/C12H21N3S/c1-10-9-16-12(15-10)4-6-14-8-11-3-2-5-13-7-11/h9,11,13-14H,2-8H2,1H3. The van der Waals surface area contributed by atoms with Crippen molar-refractivity contribution in [1.29, 1.82) is 0 Å². The van der Waals surface area contributed by atoms with Gasteiger partial charge in [0.2, 0.25) is 0 Å². The van der Waals surface area contributed by atoms with E-state index >= 15 is 0 Å². The summed E-state index contributed by atoms with van der Waals surface area (Å²) in [6.07, 6.45) is 3.77. The molecule has 2 rings (SSSR count). The van der Waals surface area contributed by atoms with E-state index in [4.69, 9.17) is 0 Å². The first-order valence-electron chi connectivity index (χ1n) is 6.17. The summed E-state index contributed by atoms with van der Waals surface area (Å²) < 4.78 is 0. The minimum absolute atomic E-state index is 0.826. The summed E-state index contributed by atoms with van der Waals surface area (Å²) >= 11 is 1.77. The van der Waals surface area contributed by atoms with Crippen molar-refractivity contribution in [2.75, 3.05) is 26.2 Å². The third-order valence-corrected chi connectivity index (χ3v) is 4.04. The first-order valence-corrected chi connectivity index (χ1v) is 7.05. The Morgan fingerprint density at radius 2 is 2.56 bits per heavy atom. The second-order valence-electron chi connectivity index (χ2n) is 4.55. The van der Waals surface area contributed by atoms with Gasteiger partial charge < -0.3 is 10.6 Å². The number of thiazole rings is 1. The van der Waals surface area contributed by atoms with Crippen LogP contribution in [0.1, 0.15) is 23.5 Å². The fraction of sp³-hybridized carbons (Fsp3) is 0.750. The zero-order valence-corrected chi connectivity index (χ0v) is 10.8. The van der Waals surface area contributed by atoms with Crippen LogP contribution in [0.5, 0.6) is 0 Å². The van der Waals surface area contributed by atoms with Gasteiger partial charge >= 0.3 is 0 Å². The normalized spacial score (nSPS) is 21.2. The Morgan fingerprint density at radius 3 is 3.25 bits per heavy atom. The van der Waals surface area contributed by atoms with Crippen LogP contribution in [0.4, 0.5) is 0 Å². The van der Waals surface area contributed by atoms with Gasteiger partial charge in [0, 0.05) is 24.0 Å². The van der Waals surface area contributed by atoms with Gasteiger partial charge in [0.25, 0.3) is 0 Å². The van der Waals surface area contributed by atoms with E-state index in [0.717, 1.165) is 31.1 Å². The van der Waals surface area contributed by atoms with E-state index in [-0.39, 0.29) is 0 Å². The van der Waals surface area contributed by atoms with Crippen molar-refractivity contribution in [3.05, 3.63) is 16.1 Å². The minimum atomic E-state index is 0.826. The number of rotatable bonds is 5. The largest absolute Gasteiger partial charge is 0.316 e. The highest BCUT2D eigenvalue weighted by molar-refractivity contribution is 7.09. The SMILES string of the molecule is Cc1csc(CCNCC2CCCNC2)n1. The van der Waals surface area contributed by atoms with Gasteiger partial charge in [0.1, 0.15) is 0 Å². The van der Waals surface area contributed by atoms with Crippen molar-refractivity contribution in [3.63, 3.8) is 0 Å². The molecule has 0 saturated carbocycles. The maximum atomic E-state index is 4.46. The molecule has 1 atom stereocenters. The van der Waals surface area contributed by atoms with Crippen molar-refractivity contribution < 1.29 is 0 Å². The minimum Gasteiger partial charge on any atom is -0.316 e. The molecule has 1 aromatic rings. The summed E-state index contributed by atoms with van der Waals surface area (Å²) in [4.78, 5) is 4.46. The topological polar surface area (TPSA) is 37.0 Å². The molecule has 0 amide bonds. The fourth-order valence-electron chi connectivity index (χ4n) is 2.12. The fourth-order valence-corrected chi connectivity index (χ4v) is 2.89. The number of hydrogen-bond acceptors (Lipinski definition) is 4. The van der Waals surface area contributed by atoms with Crippen LogP contribution < -0.4 is 10.6 Å². The summed E-state index contributed by atoms with van der Waals surface area (Å²) in [5, 5.41) is 10.4. The Morgan fingerprint density at radius 1 is 1.62 bits per heavy atom. The van der Waals surface area contributed by atoms with Crippen LogP contribution in [0, 0.1) is 12.8 Å². The van der Waals surface area contributed by atoms with Gasteiger partial charge in [-0.05, 0) is 45.3 Å². The Bertz CT molecular complexity index is 305. The molecule has 2 heterocycles. The Balaban J connectivity index is 1.57. The summed E-state index contributed by atoms with van der Waals surface area (Å²) in [6.45, 7) is 6.65. The molecule has 1 unspecified atom stereocenters. The molecular weight excluding hydrogens is 218 g/mol. The van der Waals surface area contributed by atoms with E-state index in [1.807, 2.05) is 0 Å². The molecular formula is C12H21N3S. The Labute approximate surface area is 102 Å². The van der Waals surface area contributed by atoms with E-state index in [2.05, 4.69) is 27.9 Å². The molecule has 90 valence electrons. The molecule has 0 aromatic carbocycles. The van der Waals surface area contributed by atoms with Gasteiger partial charge in [-0.2, -0.15) is 0 Å². The number of piperidine rings is 1. The second kappa shape index (κ2) is 6.33. The van der Waals surface area contributed by atoms with Gasteiger partial charge in [0.15, 0.2) is 0 Å². The van der Waals surface area contributed by atoms with Crippen molar-refractivity contribution >= 4 is 11.3 Å². The maximum absolute atomic E-state index is 4.46. The third kappa shape index (κ3) is 3.85. The Hall–Kier alpha value is -0.450. The van der Waals surface area contributed by atoms with E-state index in [1.54, 1.807) is 11.3 Å². The first-order chi connectivity index (χ1) is 7.84. The lowest BCUT2D eigenvalue weighted by Gasteiger charge is -2.22. The van der Waals surface area contributed by atoms with E-state index in [0.29, 0.717) is 0 Å². The molecule has 0 radical (unpaired) electrons. The van der Waals surface area contributed by atoms with Crippen molar-refractivity contribution in [2.45, 2.75) is 26.2 Å². The van der Waals surface area contributed by atoms with Gasteiger partial charge in [0.05, 0.1) is 5.01 Å². The number of aryl methyl sites for hydroxylation is 1. The van der Waals surface area contributed by atoms with Crippen LogP contribution >= 0.6 is 11.3 Å². The quantitative estimate of drug-likeness (QED) is 0.766. The molecule has 1 aromatic heterocycles. The van der Waals surface area contributed by atoms with E-state index in [1.165, 1.54) is 30.9 Å². The average molecular weight is 239 g/mol. The molecule has 1 fully saturated rings. The van der Waals surface area contributed by atoms with Crippen molar-refractivity contribution in [1.82, 2.24) is 15.6 Å². The predicted molar refractivity (Wildman–Crippen MR) is 69.0 cm³/mol. The number of nitrogens with zero attached hydrogens (tertiary/aromatic N) is 1.